The summed E-state index contributed by atoms with van der Waals surface area (Å²) in [6.07, 6.45) is 0.386. The highest BCUT2D eigenvalue weighted by Gasteiger charge is 2.74. The molecule has 0 aromatic carbocycles. The van der Waals surface area contributed by atoms with Crippen LogP contribution < -0.4 is 0 Å². The second-order valence-corrected chi connectivity index (χ2v) is 5.30. The van der Waals surface area contributed by atoms with Crippen molar-refractivity contribution in [1.29, 1.82) is 0 Å². The second kappa shape index (κ2) is 2.97. The van der Waals surface area contributed by atoms with Gasteiger partial charge in [-0.3, -0.25) is 9.59 Å². The smallest absolute Gasteiger partial charge is 0.310 e. The molecule has 0 aromatic heterocycles. The van der Waals surface area contributed by atoms with Gasteiger partial charge in [-0.2, -0.15) is 0 Å². The van der Waals surface area contributed by atoms with Crippen molar-refractivity contribution in [2.24, 2.45) is 22.7 Å². The average molecular weight is 228 g/mol. The molecule has 4 atom stereocenters. The lowest BCUT2D eigenvalue weighted by Gasteiger charge is -2.42. The largest absolute Gasteiger partial charge is 0.481 e. The van der Waals surface area contributed by atoms with Gasteiger partial charge in [-0.15, -0.1) is 0 Å². The molecule has 90 valence electrons. The van der Waals surface area contributed by atoms with Crippen LogP contribution in [0, 0.1) is 22.7 Å². The maximum Gasteiger partial charge on any atom is 0.310 e. The maximum absolute atomic E-state index is 11.4. The van der Waals surface area contributed by atoms with Crippen LogP contribution in [-0.2, 0) is 9.59 Å². The fourth-order valence-electron chi connectivity index (χ4n) is 3.77. The summed E-state index contributed by atoms with van der Waals surface area (Å²) in [4.78, 5) is 22.8. The Hall–Kier alpha value is -1.10. The number of carboxylic acid groups (broad SMARTS) is 2. The third kappa shape index (κ3) is 0.906. The summed E-state index contributed by atoms with van der Waals surface area (Å²) in [7, 11) is 0. The van der Waals surface area contributed by atoms with Crippen LogP contribution >= 0.6 is 0 Å². The van der Waals surface area contributed by atoms with Crippen LogP contribution in [-0.4, -0.2) is 33.4 Å². The van der Waals surface area contributed by atoms with E-state index in [1.165, 1.54) is 13.8 Å². The van der Waals surface area contributed by atoms with E-state index in [-0.39, 0.29) is 0 Å². The zero-order valence-corrected chi connectivity index (χ0v) is 9.30. The van der Waals surface area contributed by atoms with Gasteiger partial charge in [0.05, 0.1) is 16.9 Å². The summed E-state index contributed by atoms with van der Waals surface area (Å²) < 4.78 is 0. The van der Waals surface area contributed by atoms with Crippen molar-refractivity contribution in [3.8, 4) is 0 Å². The number of fused-ring (bicyclic) bond motifs is 2. The van der Waals surface area contributed by atoms with Crippen LogP contribution in [0.5, 0.6) is 0 Å². The average Bonchev–Trinajstić information content (AvgIpc) is 2.63. The third-order valence-electron chi connectivity index (χ3n) is 5.06. The summed E-state index contributed by atoms with van der Waals surface area (Å²) in [6.45, 7) is 2.91. The highest BCUT2D eigenvalue weighted by atomic mass is 16.4. The number of hydrogen-bond acceptors (Lipinski definition) is 3. The van der Waals surface area contributed by atoms with E-state index >= 15 is 0 Å². The molecule has 0 amide bonds. The summed E-state index contributed by atoms with van der Waals surface area (Å²) >= 11 is 0. The van der Waals surface area contributed by atoms with Crippen LogP contribution in [0.25, 0.3) is 0 Å². The molecule has 2 fully saturated rings. The van der Waals surface area contributed by atoms with Gasteiger partial charge in [0.2, 0.25) is 0 Å². The molecule has 2 saturated carbocycles. The predicted octanol–water partition coefficient (Wildman–Crippen LogP) is 0.569. The molecule has 0 saturated heterocycles. The number of rotatable bonds is 2. The van der Waals surface area contributed by atoms with Gasteiger partial charge in [-0.25, -0.2) is 0 Å². The third-order valence-corrected chi connectivity index (χ3v) is 5.06. The Balaban J connectivity index is 2.59. The van der Waals surface area contributed by atoms with Gasteiger partial charge in [-0.1, -0.05) is 0 Å². The van der Waals surface area contributed by atoms with Crippen molar-refractivity contribution >= 4 is 11.9 Å². The molecule has 3 N–H and O–H groups in total. The highest BCUT2D eigenvalue weighted by Crippen LogP contribution is 2.66. The minimum absolute atomic E-state index is 0.448. The number of carboxylic acids is 2. The van der Waals surface area contributed by atoms with Crippen LogP contribution in [0.4, 0.5) is 0 Å². The molecular weight excluding hydrogens is 212 g/mol. The van der Waals surface area contributed by atoms with Gasteiger partial charge in [0.15, 0.2) is 0 Å². The molecule has 0 radical (unpaired) electrons. The number of carbonyl (C=O) groups is 2. The normalized spacial score (nSPS) is 50.6. The molecule has 4 unspecified atom stereocenters. The lowest BCUT2D eigenvalue weighted by Crippen LogP contribution is -2.52. The van der Waals surface area contributed by atoms with Gasteiger partial charge >= 0.3 is 11.9 Å². The Kier molecular flexibility index (Phi) is 2.11. The topological polar surface area (TPSA) is 94.8 Å². The first-order valence-corrected chi connectivity index (χ1v) is 5.42. The van der Waals surface area contributed by atoms with Gasteiger partial charge in [0, 0.05) is 11.8 Å². The van der Waals surface area contributed by atoms with Crippen LogP contribution in [0.2, 0.25) is 0 Å². The molecule has 0 aliphatic heterocycles. The van der Waals surface area contributed by atoms with Crippen molar-refractivity contribution in [2.75, 3.05) is 0 Å². The Bertz CT molecular complexity index is 331. The van der Waals surface area contributed by atoms with Gasteiger partial charge in [0.1, 0.15) is 0 Å². The molecule has 0 heterocycles. The highest BCUT2D eigenvalue weighted by molar-refractivity contribution is 5.88. The molecular formula is C11H16O5. The summed E-state index contributed by atoms with van der Waals surface area (Å²) in [6, 6.07) is 0. The summed E-state index contributed by atoms with van der Waals surface area (Å²) in [5.41, 5.74) is -2.75. The van der Waals surface area contributed by atoms with Crippen LogP contribution in [0.3, 0.4) is 0 Å². The van der Waals surface area contributed by atoms with E-state index in [1.807, 2.05) is 0 Å². The zero-order chi connectivity index (χ0) is 12.3. The molecule has 0 aromatic rings. The minimum atomic E-state index is -1.37. The Labute approximate surface area is 93.1 Å². The van der Waals surface area contributed by atoms with Crippen molar-refractivity contribution in [3.63, 3.8) is 0 Å². The Morgan fingerprint density at radius 1 is 1.00 bits per heavy atom. The summed E-state index contributed by atoms with van der Waals surface area (Å²) in [5, 5.41) is 28.6. The monoisotopic (exact) mass is 228 g/mol. The van der Waals surface area contributed by atoms with Crippen molar-refractivity contribution < 1.29 is 24.9 Å². The molecule has 0 spiro atoms. The maximum atomic E-state index is 11.4. The van der Waals surface area contributed by atoms with E-state index in [0.29, 0.717) is 12.8 Å². The molecule has 2 rings (SSSR count). The molecule has 5 heteroatoms. The van der Waals surface area contributed by atoms with E-state index in [4.69, 9.17) is 0 Å². The molecule has 2 aliphatic carbocycles. The van der Waals surface area contributed by atoms with Gasteiger partial charge in [-0.05, 0) is 26.7 Å². The fraction of sp³-hybridized carbons (Fsp3) is 0.818. The molecule has 2 bridgehead atoms. The molecule has 2 aliphatic rings. The lowest BCUT2D eigenvalue weighted by molar-refractivity contribution is -0.177. The van der Waals surface area contributed by atoms with E-state index in [1.54, 1.807) is 0 Å². The Morgan fingerprint density at radius 3 is 1.56 bits per heavy atom. The predicted molar refractivity (Wildman–Crippen MR) is 53.7 cm³/mol. The van der Waals surface area contributed by atoms with E-state index in [0.717, 1.165) is 0 Å². The minimum Gasteiger partial charge on any atom is -0.481 e. The van der Waals surface area contributed by atoms with Crippen LogP contribution in [0.15, 0.2) is 0 Å². The molecule has 5 nitrogen and oxygen atoms in total. The van der Waals surface area contributed by atoms with Gasteiger partial charge in [0.25, 0.3) is 0 Å². The number of aliphatic hydroxyl groups is 1. The second-order valence-electron chi connectivity index (χ2n) is 5.30. The first-order chi connectivity index (χ1) is 7.27. The standard InChI is InChI=1S/C11H16O5/c1-10(8(13)14)5-3-4-6(7(5)12)11(10,2)9(15)16/h5-7,12H,3-4H2,1-2H3,(H,13,14)(H,15,16). The van der Waals surface area contributed by atoms with Gasteiger partial charge < -0.3 is 15.3 Å². The van der Waals surface area contributed by atoms with Crippen molar-refractivity contribution in [2.45, 2.75) is 32.8 Å². The fourth-order valence-corrected chi connectivity index (χ4v) is 3.77. The first-order valence-electron chi connectivity index (χ1n) is 5.42. The quantitative estimate of drug-likeness (QED) is 0.642. The number of hydrogen-bond donors (Lipinski definition) is 3. The number of aliphatic carboxylic acids is 2. The van der Waals surface area contributed by atoms with Crippen LogP contribution in [0.1, 0.15) is 26.7 Å². The van der Waals surface area contributed by atoms with E-state index in [2.05, 4.69) is 0 Å². The van der Waals surface area contributed by atoms with E-state index in [9.17, 15) is 24.9 Å². The zero-order valence-electron chi connectivity index (χ0n) is 9.30. The number of aliphatic hydroxyl groups excluding tert-OH is 1. The van der Waals surface area contributed by atoms with Crippen molar-refractivity contribution in [1.82, 2.24) is 0 Å². The van der Waals surface area contributed by atoms with E-state index < -0.39 is 40.7 Å². The molecule has 16 heavy (non-hydrogen) atoms. The SMILES string of the molecule is CC1(C(=O)O)C2CCC(C2O)C1(C)C(=O)O. The first kappa shape index (κ1) is 11.4. The Morgan fingerprint density at radius 2 is 1.31 bits per heavy atom. The lowest BCUT2D eigenvalue weighted by atomic mass is 9.57. The van der Waals surface area contributed by atoms with Crippen molar-refractivity contribution in [3.05, 3.63) is 0 Å². The summed E-state index contributed by atoms with van der Waals surface area (Å²) in [5.74, 6) is -3.14.